The lowest BCUT2D eigenvalue weighted by Crippen LogP contribution is -2.10. The van der Waals surface area contributed by atoms with Gasteiger partial charge in [0.2, 0.25) is 0 Å². The molecule has 5 rings (SSSR count). The van der Waals surface area contributed by atoms with Gasteiger partial charge < -0.3 is 0 Å². The summed E-state index contributed by atoms with van der Waals surface area (Å²) < 4.78 is 1.87. The van der Waals surface area contributed by atoms with E-state index in [0.29, 0.717) is 0 Å². The third-order valence-electron chi connectivity index (χ3n) is 7.05. The molecule has 0 unspecified atom stereocenters. The Morgan fingerprint density at radius 1 is 0.912 bits per heavy atom. The van der Waals surface area contributed by atoms with Gasteiger partial charge >= 0.3 is 0 Å². The number of allylic oxidation sites excluding steroid dienone is 4. The second-order valence-electron chi connectivity index (χ2n) is 9.30. The Balaban J connectivity index is 1.54. The maximum atomic E-state index is 4.60. The van der Waals surface area contributed by atoms with Crippen molar-refractivity contribution in [3.8, 4) is 5.69 Å². The van der Waals surface area contributed by atoms with Crippen molar-refractivity contribution in [1.29, 1.82) is 0 Å². The molecule has 0 amide bonds. The first-order valence-electron chi connectivity index (χ1n) is 11.8. The molecule has 0 spiro atoms. The monoisotopic (exact) mass is 442 g/mol. The van der Waals surface area contributed by atoms with Gasteiger partial charge in [-0.1, -0.05) is 61.7 Å². The van der Waals surface area contributed by atoms with E-state index < -0.39 is 0 Å². The number of nitrogens with zero attached hydrogens (tertiary/aromatic N) is 2. The number of hydrogen-bond acceptors (Lipinski definition) is 1. The molecule has 0 saturated heterocycles. The van der Waals surface area contributed by atoms with Crippen molar-refractivity contribution in [3.63, 3.8) is 0 Å². The van der Waals surface area contributed by atoms with E-state index in [1.807, 2.05) is 16.9 Å². The predicted molar refractivity (Wildman–Crippen MR) is 144 cm³/mol. The largest absolute Gasteiger partial charge is 0.241 e. The molecule has 4 aromatic rings. The van der Waals surface area contributed by atoms with Crippen LogP contribution in [0.15, 0.2) is 97.9 Å². The van der Waals surface area contributed by atoms with E-state index in [0.717, 1.165) is 35.2 Å². The highest BCUT2D eigenvalue weighted by Crippen LogP contribution is 2.43. The molecule has 2 heteroatoms. The lowest BCUT2D eigenvalue weighted by molar-refractivity contribution is 0.880. The highest BCUT2D eigenvalue weighted by molar-refractivity contribution is 5.96. The standard InChI is InChI=1S/C32H30N2/c1-21-10-11-27(18-23(21)3)31-20-28-9-6-8-22(2)32(28)25(5)30(31)19-24(4)26-12-14-29(15-13-26)34-17-7-16-33-34/h6-18H,4-5,19-20H2,1-3H3. The fourth-order valence-corrected chi connectivity index (χ4v) is 4.94. The number of benzene rings is 3. The minimum absolute atomic E-state index is 0.774. The quantitative estimate of drug-likeness (QED) is 0.307. The molecule has 0 bridgehead atoms. The summed E-state index contributed by atoms with van der Waals surface area (Å²) in [5.74, 6) is 0. The Kier molecular flexibility index (Phi) is 5.67. The Bertz CT molecular complexity index is 1430. The average molecular weight is 443 g/mol. The second-order valence-corrected chi connectivity index (χ2v) is 9.30. The molecule has 0 radical (unpaired) electrons. The molecule has 0 atom stereocenters. The molecule has 0 N–H and O–H groups in total. The average Bonchev–Trinajstić information content (AvgIpc) is 3.37. The highest BCUT2D eigenvalue weighted by Gasteiger charge is 2.24. The first-order chi connectivity index (χ1) is 16.4. The van der Waals surface area contributed by atoms with Crippen LogP contribution in [0.3, 0.4) is 0 Å². The van der Waals surface area contributed by atoms with E-state index in [9.17, 15) is 0 Å². The Morgan fingerprint density at radius 3 is 2.41 bits per heavy atom. The topological polar surface area (TPSA) is 17.8 Å². The van der Waals surface area contributed by atoms with E-state index in [4.69, 9.17) is 0 Å². The van der Waals surface area contributed by atoms with Crippen molar-refractivity contribution in [2.24, 2.45) is 0 Å². The second kappa shape index (κ2) is 8.79. The minimum atomic E-state index is 0.774. The molecule has 1 aliphatic carbocycles. The molecule has 1 heterocycles. The first-order valence-corrected chi connectivity index (χ1v) is 11.8. The van der Waals surface area contributed by atoms with Crippen molar-refractivity contribution in [2.75, 3.05) is 0 Å². The summed E-state index contributed by atoms with van der Waals surface area (Å²) in [6.07, 6.45) is 5.44. The van der Waals surface area contributed by atoms with E-state index >= 15 is 0 Å². The fraction of sp³-hybridized carbons (Fsp3) is 0.156. The molecular formula is C32H30N2. The van der Waals surface area contributed by atoms with E-state index in [-0.39, 0.29) is 0 Å². The molecule has 2 nitrogen and oxygen atoms in total. The van der Waals surface area contributed by atoms with Gasteiger partial charge in [0.05, 0.1) is 5.69 Å². The fourth-order valence-electron chi connectivity index (χ4n) is 4.94. The van der Waals surface area contributed by atoms with Crippen molar-refractivity contribution >= 4 is 16.7 Å². The molecule has 0 fully saturated rings. The van der Waals surface area contributed by atoms with Gasteiger partial charge in [-0.15, -0.1) is 0 Å². The predicted octanol–water partition coefficient (Wildman–Crippen LogP) is 7.92. The summed E-state index contributed by atoms with van der Waals surface area (Å²) in [5.41, 5.74) is 14.9. The molecule has 168 valence electrons. The Labute approximate surface area is 202 Å². The molecule has 1 aromatic heterocycles. The van der Waals surface area contributed by atoms with Crippen LogP contribution in [0.1, 0.15) is 45.4 Å². The third kappa shape index (κ3) is 3.97. The van der Waals surface area contributed by atoms with Crippen LogP contribution in [0, 0.1) is 20.8 Å². The van der Waals surface area contributed by atoms with Crippen molar-refractivity contribution in [1.82, 2.24) is 9.78 Å². The SMILES string of the molecule is C=C(CC1=C(c2ccc(C)c(C)c2)Cc2cccc(C)c2C1=C)c1ccc(-n2cccn2)cc1. The summed E-state index contributed by atoms with van der Waals surface area (Å²) in [6.45, 7) is 15.6. The smallest absolute Gasteiger partial charge is 0.0645 e. The van der Waals surface area contributed by atoms with Gasteiger partial charge in [-0.25, -0.2) is 4.68 Å². The number of aromatic nitrogens is 2. The summed E-state index contributed by atoms with van der Waals surface area (Å²) in [7, 11) is 0. The number of rotatable bonds is 5. The molecule has 3 aromatic carbocycles. The zero-order valence-corrected chi connectivity index (χ0v) is 20.2. The van der Waals surface area contributed by atoms with E-state index in [1.165, 1.54) is 44.5 Å². The van der Waals surface area contributed by atoms with E-state index in [1.54, 1.807) is 6.20 Å². The summed E-state index contributed by atoms with van der Waals surface area (Å²) in [6, 6.07) is 23.8. The molecule has 0 aliphatic heterocycles. The van der Waals surface area contributed by atoms with Crippen LogP contribution >= 0.6 is 0 Å². The van der Waals surface area contributed by atoms with Crippen molar-refractivity contribution < 1.29 is 0 Å². The van der Waals surface area contributed by atoms with Crippen LogP contribution in [0.25, 0.3) is 22.4 Å². The van der Waals surface area contributed by atoms with Crippen LogP contribution in [0.4, 0.5) is 0 Å². The van der Waals surface area contributed by atoms with Gasteiger partial charge in [0.25, 0.3) is 0 Å². The first kappa shape index (κ1) is 21.9. The molecule has 34 heavy (non-hydrogen) atoms. The Hall–Kier alpha value is -3.91. The van der Waals surface area contributed by atoms with Crippen LogP contribution in [0.5, 0.6) is 0 Å². The van der Waals surface area contributed by atoms with E-state index in [2.05, 4.69) is 99.7 Å². The van der Waals surface area contributed by atoms with Crippen LogP contribution in [0.2, 0.25) is 0 Å². The van der Waals surface area contributed by atoms with Gasteiger partial charge in [-0.2, -0.15) is 5.10 Å². The number of hydrogen-bond donors (Lipinski definition) is 0. The van der Waals surface area contributed by atoms with Crippen LogP contribution < -0.4 is 0 Å². The summed E-state index contributed by atoms with van der Waals surface area (Å²) in [4.78, 5) is 0. The van der Waals surface area contributed by atoms with Gasteiger partial charge in [0.15, 0.2) is 0 Å². The van der Waals surface area contributed by atoms with Gasteiger partial charge in [0.1, 0.15) is 0 Å². The van der Waals surface area contributed by atoms with Crippen LogP contribution in [-0.4, -0.2) is 9.78 Å². The summed E-state index contributed by atoms with van der Waals surface area (Å²) >= 11 is 0. The molecule has 1 aliphatic rings. The lowest BCUT2D eigenvalue weighted by atomic mass is 9.76. The number of aryl methyl sites for hydroxylation is 3. The van der Waals surface area contributed by atoms with Gasteiger partial charge in [-0.3, -0.25) is 0 Å². The summed E-state index contributed by atoms with van der Waals surface area (Å²) in [5, 5.41) is 4.33. The van der Waals surface area contributed by atoms with Crippen LogP contribution in [-0.2, 0) is 6.42 Å². The third-order valence-corrected chi connectivity index (χ3v) is 7.05. The maximum Gasteiger partial charge on any atom is 0.0645 e. The molecule has 0 saturated carbocycles. The van der Waals surface area contributed by atoms with Crippen molar-refractivity contribution in [2.45, 2.75) is 33.6 Å². The zero-order valence-electron chi connectivity index (χ0n) is 20.2. The highest BCUT2D eigenvalue weighted by atomic mass is 15.3. The Morgan fingerprint density at radius 2 is 1.71 bits per heavy atom. The zero-order chi connectivity index (χ0) is 23.8. The number of fused-ring (bicyclic) bond motifs is 1. The molecular weight excluding hydrogens is 412 g/mol. The van der Waals surface area contributed by atoms with Gasteiger partial charge in [0, 0.05) is 12.4 Å². The van der Waals surface area contributed by atoms with Gasteiger partial charge in [-0.05, 0) is 113 Å². The lowest BCUT2D eigenvalue weighted by Gasteiger charge is -2.28. The minimum Gasteiger partial charge on any atom is -0.241 e. The van der Waals surface area contributed by atoms with Crippen molar-refractivity contribution in [3.05, 3.63) is 137 Å². The maximum absolute atomic E-state index is 4.60. The normalized spacial score (nSPS) is 13.2.